The van der Waals surface area contributed by atoms with E-state index in [0.29, 0.717) is 35.8 Å². The van der Waals surface area contributed by atoms with E-state index in [1.54, 1.807) is 31.2 Å². The van der Waals surface area contributed by atoms with Gasteiger partial charge in [-0.2, -0.15) is 0 Å². The molecule has 4 aromatic rings. The van der Waals surface area contributed by atoms with Crippen molar-refractivity contribution in [3.05, 3.63) is 102 Å². The first kappa shape index (κ1) is 25.9. The number of benzene rings is 3. The van der Waals surface area contributed by atoms with Crippen LogP contribution in [0, 0.1) is 6.92 Å². The molecule has 37 heavy (non-hydrogen) atoms. The van der Waals surface area contributed by atoms with Gasteiger partial charge in [-0.05, 0) is 61.1 Å². The van der Waals surface area contributed by atoms with Gasteiger partial charge in [-0.1, -0.05) is 47.6 Å². The monoisotopic (exact) mass is 536 g/mol. The zero-order valence-corrected chi connectivity index (χ0v) is 21.4. The van der Waals surface area contributed by atoms with Gasteiger partial charge in [0.05, 0.1) is 17.1 Å². The summed E-state index contributed by atoms with van der Waals surface area (Å²) in [5.74, 6) is 0.587. The molecule has 0 bridgehead atoms. The van der Waals surface area contributed by atoms with Gasteiger partial charge in [0.15, 0.2) is 10.9 Å². The Morgan fingerprint density at radius 3 is 2.41 bits per heavy atom. The number of aryl methyl sites for hydroxylation is 1. The van der Waals surface area contributed by atoms with Gasteiger partial charge in [-0.3, -0.25) is 14.8 Å². The number of nitrogens with one attached hydrogen (secondary N) is 3. The Morgan fingerprint density at radius 1 is 1.00 bits per heavy atom. The molecule has 0 aliphatic carbocycles. The summed E-state index contributed by atoms with van der Waals surface area (Å²) in [5.41, 5.74) is 1.97. The van der Waals surface area contributed by atoms with E-state index in [9.17, 15) is 13.2 Å². The number of amides is 1. The van der Waals surface area contributed by atoms with E-state index < -0.39 is 15.9 Å². The van der Waals surface area contributed by atoms with Crippen LogP contribution in [0.5, 0.6) is 5.75 Å². The Bertz CT molecular complexity index is 1490. The number of rotatable bonds is 9. The summed E-state index contributed by atoms with van der Waals surface area (Å²) in [6, 6.07) is 24.2. The smallest absolute Gasteiger partial charge is 0.263 e. The van der Waals surface area contributed by atoms with Crippen LogP contribution in [-0.2, 0) is 16.4 Å². The average Bonchev–Trinajstić information content (AvgIpc) is 3.28. The number of hydrogen-bond acceptors (Lipinski definition) is 7. The largest absolute Gasteiger partial charge is 0.492 e. The Labute approximate surface area is 219 Å². The molecule has 0 fully saturated rings. The number of sulfonamides is 1. The minimum atomic E-state index is -3.85. The van der Waals surface area contributed by atoms with Crippen molar-refractivity contribution in [1.82, 2.24) is 10.5 Å². The van der Waals surface area contributed by atoms with Crippen molar-refractivity contribution in [2.45, 2.75) is 18.2 Å². The molecule has 3 N–H and O–H groups in total. The molecule has 3 aromatic carbocycles. The van der Waals surface area contributed by atoms with E-state index in [1.807, 2.05) is 30.3 Å². The maximum atomic E-state index is 12.8. The third-order valence-corrected chi connectivity index (χ3v) is 6.71. The van der Waals surface area contributed by atoms with E-state index in [-0.39, 0.29) is 15.8 Å². The van der Waals surface area contributed by atoms with E-state index >= 15 is 0 Å². The maximum Gasteiger partial charge on any atom is 0.263 e. The molecule has 1 amide bonds. The molecule has 11 heteroatoms. The van der Waals surface area contributed by atoms with E-state index in [2.05, 4.69) is 20.5 Å². The minimum absolute atomic E-state index is 0.0234. The van der Waals surface area contributed by atoms with Gasteiger partial charge in [0.1, 0.15) is 11.5 Å². The van der Waals surface area contributed by atoms with E-state index in [0.717, 1.165) is 5.56 Å². The lowest BCUT2D eigenvalue weighted by atomic mass is 10.1. The highest BCUT2D eigenvalue weighted by Crippen LogP contribution is 2.20. The summed E-state index contributed by atoms with van der Waals surface area (Å²) in [6.45, 7) is 2.07. The Morgan fingerprint density at radius 2 is 1.70 bits per heavy atom. The molecule has 0 unspecified atom stereocenters. The summed E-state index contributed by atoms with van der Waals surface area (Å²) in [6.07, 6.45) is 0.705. The third-order valence-electron chi connectivity index (χ3n) is 5.14. The molecular weight excluding hydrogens is 512 g/mol. The van der Waals surface area contributed by atoms with Crippen molar-refractivity contribution >= 4 is 44.8 Å². The van der Waals surface area contributed by atoms with Gasteiger partial charge >= 0.3 is 0 Å². The number of carbonyl (C=O) groups is 1. The van der Waals surface area contributed by atoms with E-state index in [4.69, 9.17) is 21.5 Å². The number of thiocarbonyl (C=S) groups is 1. The first-order valence-electron chi connectivity index (χ1n) is 11.2. The van der Waals surface area contributed by atoms with Crippen LogP contribution in [0.25, 0.3) is 0 Å². The second-order valence-corrected chi connectivity index (χ2v) is 10.0. The van der Waals surface area contributed by atoms with Crippen molar-refractivity contribution in [3.63, 3.8) is 0 Å². The molecule has 0 saturated carbocycles. The van der Waals surface area contributed by atoms with Crippen LogP contribution in [0.1, 0.15) is 21.7 Å². The molecule has 0 aliphatic heterocycles. The second kappa shape index (κ2) is 11.7. The van der Waals surface area contributed by atoms with Crippen LogP contribution in [-0.4, -0.2) is 31.2 Å². The van der Waals surface area contributed by atoms with Crippen molar-refractivity contribution in [3.8, 4) is 5.75 Å². The predicted octanol–water partition coefficient (Wildman–Crippen LogP) is 4.53. The Kier molecular flexibility index (Phi) is 8.16. The SMILES string of the molecule is Cc1cc(NS(=O)(=O)c2ccc(NC(=S)NC(=O)c3ccccc3OCCc3ccccc3)cc2)no1. The first-order valence-corrected chi connectivity index (χ1v) is 13.1. The number of hydrogen-bond donors (Lipinski definition) is 3. The lowest BCUT2D eigenvalue weighted by molar-refractivity contribution is 0.0973. The molecule has 1 aromatic heterocycles. The van der Waals surface area contributed by atoms with Crippen LogP contribution in [0.4, 0.5) is 11.5 Å². The van der Waals surface area contributed by atoms with Crippen LogP contribution >= 0.6 is 12.2 Å². The van der Waals surface area contributed by atoms with Crippen molar-refractivity contribution in [2.75, 3.05) is 16.6 Å². The van der Waals surface area contributed by atoms with Gasteiger partial charge in [0.25, 0.3) is 15.9 Å². The van der Waals surface area contributed by atoms with Gasteiger partial charge in [0, 0.05) is 18.2 Å². The van der Waals surface area contributed by atoms with Crippen LogP contribution in [0.3, 0.4) is 0 Å². The summed E-state index contributed by atoms with van der Waals surface area (Å²) in [4.78, 5) is 12.9. The van der Waals surface area contributed by atoms with E-state index in [1.165, 1.54) is 30.3 Å². The topological polar surface area (TPSA) is 123 Å². The fourth-order valence-electron chi connectivity index (χ4n) is 3.36. The molecule has 4 rings (SSSR count). The molecular formula is C26H24N4O5S2. The van der Waals surface area contributed by atoms with Gasteiger partial charge in [-0.25, -0.2) is 8.42 Å². The summed E-state index contributed by atoms with van der Waals surface area (Å²) >= 11 is 5.27. The van der Waals surface area contributed by atoms with Crippen molar-refractivity contribution in [2.24, 2.45) is 0 Å². The molecule has 0 atom stereocenters. The van der Waals surface area contributed by atoms with Gasteiger partial charge in [0.2, 0.25) is 0 Å². The number of ether oxygens (including phenoxy) is 1. The number of carbonyl (C=O) groups excluding carboxylic acids is 1. The zero-order chi connectivity index (χ0) is 26.3. The quantitative estimate of drug-likeness (QED) is 0.267. The van der Waals surface area contributed by atoms with Gasteiger partial charge < -0.3 is 14.6 Å². The van der Waals surface area contributed by atoms with Crippen molar-refractivity contribution < 1.29 is 22.5 Å². The second-order valence-electron chi connectivity index (χ2n) is 7.94. The summed E-state index contributed by atoms with van der Waals surface area (Å²) < 4.78 is 38.1. The van der Waals surface area contributed by atoms with Crippen molar-refractivity contribution in [1.29, 1.82) is 0 Å². The van der Waals surface area contributed by atoms with Crippen LogP contribution in [0.15, 0.2) is 94.3 Å². The molecule has 1 heterocycles. The molecule has 0 spiro atoms. The normalized spacial score (nSPS) is 10.9. The Hall–Kier alpha value is -4.22. The first-order chi connectivity index (χ1) is 17.8. The number of aromatic nitrogens is 1. The minimum Gasteiger partial charge on any atom is -0.492 e. The maximum absolute atomic E-state index is 12.8. The van der Waals surface area contributed by atoms with Crippen LogP contribution < -0.4 is 20.1 Å². The molecule has 0 aliphatic rings. The molecule has 0 saturated heterocycles. The fourth-order valence-corrected chi connectivity index (χ4v) is 4.56. The molecule has 0 radical (unpaired) electrons. The van der Waals surface area contributed by atoms with Gasteiger partial charge in [-0.15, -0.1) is 0 Å². The van der Waals surface area contributed by atoms with Crippen LogP contribution in [0.2, 0.25) is 0 Å². The lowest BCUT2D eigenvalue weighted by Crippen LogP contribution is -2.34. The number of anilines is 2. The fraction of sp³-hybridized carbons (Fsp3) is 0.115. The number of para-hydroxylation sites is 1. The summed E-state index contributed by atoms with van der Waals surface area (Å²) in [5, 5.41) is 9.18. The highest BCUT2D eigenvalue weighted by atomic mass is 32.2. The number of nitrogens with zero attached hydrogens (tertiary/aromatic N) is 1. The molecule has 9 nitrogen and oxygen atoms in total. The lowest BCUT2D eigenvalue weighted by Gasteiger charge is -2.13. The molecule has 190 valence electrons. The average molecular weight is 537 g/mol. The summed E-state index contributed by atoms with van der Waals surface area (Å²) in [7, 11) is -3.85. The Balaban J connectivity index is 1.33. The highest BCUT2D eigenvalue weighted by Gasteiger charge is 2.17. The standard InChI is InChI=1S/C26H24N4O5S2/c1-18-17-24(29-35-18)30-37(32,33)21-13-11-20(12-14-21)27-26(36)28-25(31)22-9-5-6-10-23(22)34-16-15-19-7-3-2-4-8-19/h2-14,17H,15-16H2,1H3,(H,29,30)(H2,27,28,31,36). The highest BCUT2D eigenvalue weighted by molar-refractivity contribution is 7.92. The predicted molar refractivity (Wildman–Crippen MR) is 144 cm³/mol. The third kappa shape index (κ3) is 7.15. The zero-order valence-electron chi connectivity index (χ0n) is 19.8.